The van der Waals surface area contributed by atoms with E-state index < -0.39 is 0 Å². The minimum absolute atomic E-state index is 0.0172. The third kappa shape index (κ3) is 2.58. The van der Waals surface area contributed by atoms with Crippen LogP contribution in [0.15, 0.2) is 43.0 Å². The molecule has 0 saturated carbocycles. The predicted octanol–water partition coefficient (Wildman–Crippen LogP) is 1.73. The summed E-state index contributed by atoms with van der Waals surface area (Å²) in [6, 6.07) is 5.71. The minimum atomic E-state index is -0.0647. The number of ether oxygens (including phenoxy) is 1. The number of imidazole rings is 1. The highest BCUT2D eigenvalue weighted by Gasteiger charge is 2.31. The lowest BCUT2D eigenvalue weighted by atomic mass is 10.3. The van der Waals surface area contributed by atoms with Gasteiger partial charge < -0.3 is 9.64 Å². The molecule has 4 heterocycles. The zero-order valence-corrected chi connectivity index (χ0v) is 13.3. The first-order valence-corrected chi connectivity index (χ1v) is 7.88. The number of carbonyl (C=O) groups is 1. The van der Waals surface area contributed by atoms with Crippen molar-refractivity contribution in [3.8, 4) is 5.88 Å². The number of nitrogens with zero attached hydrogens (tertiary/aromatic N) is 5. The number of hydrogen-bond donors (Lipinski definition) is 0. The number of rotatable bonds is 3. The molecule has 0 bridgehead atoms. The molecule has 7 heteroatoms. The van der Waals surface area contributed by atoms with Gasteiger partial charge in [0.15, 0.2) is 0 Å². The average molecular weight is 323 g/mol. The molecule has 0 radical (unpaired) electrons. The fourth-order valence-corrected chi connectivity index (χ4v) is 3.05. The highest BCUT2D eigenvalue weighted by molar-refractivity contribution is 5.94. The van der Waals surface area contributed by atoms with Crippen molar-refractivity contribution in [2.24, 2.45) is 0 Å². The Morgan fingerprint density at radius 2 is 2.25 bits per heavy atom. The Morgan fingerprint density at radius 3 is 3.08 bits per heavy atom. The van der Waals surface area contributed by atoms with Gasteiger partial charge in [0.25, 0.3) is 5.91 Å². The Hall–Kier alpha value is -2.96. The number of aromatic nitrogens is 4. The van der Waals surface area contributed by atoms with E-state index >= 15 is 0 Å². The number of hydrogen-bond acceptors (Lipinski definition) is 5. The summed E-state index contributed by atoms with van der Waals surface area (Å²) >= 11 is 0. The summed E-state index contributed by atoms with van der Waals surface area (Å²) in [6.45, 7) is 3.06. The first kappa shape index (κ1) is 14.6. The molecule has 1 aliphatic heterocycles. The van der Waals surface area contributed by atoms with Gasteiger partial charge in [0, 0.05) is 31.6 Å². The molecule has 0 spiro atoms. The van der Waals surface area contributed by atoms with Crippen LogP contribution in [-0.4, -0.2) is 49.4 Å². The van der Waals surface area contributed by atoms with Gasteiger partial charge in [0.05, 0.1) is 18.4 Å². The van der Waals surface area contributed by atoms with Gasteiger partial charge in [0.1, 0.15) is 17.4 Å². The maximum Gasteiger partial charge on any atom is 0.272 e. The Bertz CT molecular complexity index is 877. The van der Waals surface area contributed by atoms with Crippen molar-refractivity contribution < 1.29 is 9.53 Å². The molecule has 24 heavy (non-hydrogen) atoms. The number of pyridine rings is 1. The standard InChI is InChI=1S/C17H17N5O2/c1-12-16(22-8-3-2-4-14(22)20-12)17(23)21-9-5-13(11-21)24-15-10-18-6-7-19-15/h2-4,6-8,10,13H,5,9,11H2,1H3. The van der Waals surface area contributed by atoms with Gasteiger partial charge in [-0.2, -0.15) is 0 Å². The second kappa shape index (κ2) is 5.92. The number of fused-ring (bicyclic) bond motifs is 1. The molecule has 122 valence electrons. The van der Waals surface area contributed by atoms with Crippen molar-refractivity contribution in [3.63, 3.8) is 0 Å². The second-order valence-corrected chi connectivity index (χ2v) is 5.80. The summed E-state index contributed by atoms with van der Waals surface area (Å²) in [7, 11) is 0. The minimum Gasteiger partial charge on any atom is -0.471 e. The zero-order chi connectivity index (χ0) is 16.5. The van der Waals surface area contributed by atoms with Gasteiger partial charge in [0.2, 0.25) is 5.88 Å². The molecule has 1 fully saturated rings. The average Bonchev–Trinajstić information content (AvgIpc) is 3.19. The highest BCUT2D eigenvalue weighted by Crippen LogP contribution is 2.20. The van der Waals surface area contributed by atoms with Gasteiger partial charge in [-0.3, -0.25) is 14.2 Å². The van der Waals surface area contributed by atoms with E-state index in [1.54, 1.807) is 18.6 Å². The quantitative estimate of drug-likeness (QED) is 0.734. The maximum atomic E-state index is 12.9. The van der Waals surface area contributed by atoms with Gasteiger partial charge in [-0.05, 0) is 19.1 Å². The topological polar surface area (TPSA) is 72.6 Å². The van der Waals surface area contributed by atoms with Crippen LogP contribution < -0.4 is 4.74 Å². The number of carbonyl (C=O) groups excluding carboxylic acids is 1. The summed E-state index contributed by atoms with van der Waals surface area (Å²) < 4.78 is 7.64. The molecule has 1 unspecified atom stereocenters. The summed E-state index contributed by atoms with van der Waals surface area (Å²) in [6.07, 6.45) is 7.36. The molecule has 0 aromatic carbocycles. The fourth-order valence-electron chi connectivity index (χ4n) is 3.05. The van der Waals surface area contributed by atoms with Crippen molar-refractivity contribution in [1.29, 1.82) is 0 Å². The van der Waals surface area contributed by atoms with Crippen molar-refractivity contribution in [2.75, 3.05) is 13.1 Å². The van der Waals surface area contributed by atoms with E-state index in [0.717, 1.165) is 17.8 Å². The Balaban J connectivity index is 1.52. The van der Waals surface area contributed by atoms with Crippen molar-refractivity contribution >= 4 is 11.6 Å². The van der Waals surface area contributed by atoms with Crippen LogP contribution in [0, 0.1) is 6.92 Å². The highest BCUT2D eigenvalue weighted by atomic mass is 16.5. The molecule has 1 aliphatic rings. The zero-order valence-electron chi connectivity index (χ0n) is 13.3. The van der Waals surface area contributed by atoms with E-state index in [1.807, 2.05) is 40.6 Å². The molecule has 1 amide bonds. The lowest BCUT2D eigenvalue weighted by Crippen LogP contribution is -2.32. The summed E-state index contributed by atoms with van der Waals surface area (Å²) in [5.41, 5.74) is 2.14. The van der Waals surface area contributed by atoms with Crippen LogP contribution >= 0.6 is 0 Å². The second-order valence-electron chi connectivity index (χ2n) is 5.80. The number of aryl methyl sites for hydroxylation is 1. The molecule has 0 aliphatic carbocycles. The van der Waals surface area contributed by atoms with Crippen LogP contribution in [0.5, 0.6) is 5.88 Å². The third-order valence-corrected chi connectivity index (χ3v) is 4.17. The Morgan fingerprint density at radius 1 is 1.33 bits per heavy atom. The van der Waals surface area contributed by atoms with E-state index in [-0.39, 0.29) is 12.0 Å². The van der Waals surface area contributed by atoms with Gasteiger partial charge in [-0.15, -0.1) is 0 Å². The van der Waals surface area contributed by atoms with Crippen LogP contribution in [0.4, 0.5) is 0 Å². The van der Waals surface area contributed by atoms with Crippen LogP contribution in [0.3, 0.4) is 0 Å². The monoisotopic (exact) mass is 323 g/mol. The molecule has 1 atom stereocenters. The molecular weight excluding hydrogens is 306 g/mol. The molecule has 4 rings (SSSR count). The van der Waals surface area contributed by atoms with Gasteiger partial charge in [-0.1, -0.05) is 6.07 Å². The van der Waals surface area contributed by atoms with Gasteiger partial charge in [-0.25, -0.2) is 9.97 Å². The van der Waals surface area contributed by atoms with Crippen molar-refractivity contribution in [1.82, 2.24) is 24.3 Å². The van der Waals surface area contributed by atoms with E-state index in [4.69, 9.17) is 4.74 Å². The fraction of sp³-hybridized carbons (Fsp3) is 0.294. The molecule has 7 nitrogen and oxygen atoms in total. The summed E-state index contributed by atoms with van der Waals surface area (Å²) in [5, 5.41) is 0. The van der Waals surface area contributed by atoms with Crippen molar-refractivity contribution in [2.45, 2.75) is 19.4 Å². The van der Waals surface area contributed by atoms with Crippen LogP contribution in [-0.2, 0) is 0 Å². The van der Waals surface area contributed by atoms with E-state index in [9.17, 15) is 4.79 Å². The van der Waals surface area contributed by atoms with E-state index in [2.05, 4.69) is 15.0 Å². The summed E-state index contributed by atoms with van der Waals surface area (Å²) in [5.74, 6) is 0.472. The molecule has 3 aromatic heterocycles. The van der Waals surface area contributed by atoms with Crippen LogP contribution in [0.2, 0.25) is 0 Å². The SMILES string of the molecule is Cc1nc2ccccn2c1C(=O)N1CCC(Oc2cnccn2)C1. The maximum absolute atomic E-state index is 12.9. The first-order valence-electron chi connectivity index (χ1n) is 7.88. The molecular formula is C17H17N5O2. The van der Waals surface area contributed by atoms with E-state index in [1.165, 1.54) is 0 Å². The van der Waals surface area contributed by atoms with E-state index in [0.29, 0.717) is 24.7 Å². The van der Waals surface area contributed by atoms with Gasteiger partial charge >= 0.3 is 0 Å². The normalized spacial score (nSPS) is 17.4. The molecule has 1 saturated heterocycles. The predicted molar refractivity (Wildman–Crippen MR) is 86.9 cm³/mol. The third-order valence-electron chi connectivity index (χ3n) is 4.17. The summed E-state index contributed by atoms with van der Waals surface area (Å²) in [4.78, 5) is 27.3. The van der Waals surface area contributed by atoms with Crippen LogP contribution in [0.25, 0.3) is 5.65 Å². The molecule has 0 N–H and O–H groups in total. The number of likely N-dealkylation sites (tertiary alicyclic amines) is 1. The largest absolute Gasteiger partial charge is 0.471 e. The Labute approximate surface area is 138 Å². The lowest BCUT2D eigenvalue weighted by molar-refractivity contribution is 0.0763. The lowest BCUT2D eigenvalue weighted by Gasteiger charge is -2.17. The van der Waals surface area contributed by atoms with Crippen molar-refractivity contribution in [3.05, 3.63) is 54.4 Å². The smallest absolute Gasteiger partial charge is 0.272 e. The number of amides is 1. The Kier molecular flexibility index (Phi) is 3.60. The van der Waals surface area contributed by atoms with Crippen LogP contribution in [0.1, 0.15) is 22.6 Å². The first-order chi connectivity index (χ1) is 11.7. The molecule has 3 aromatic rings.